The Balaban J connectivity index is 2.55. The number of imidazole rings is 1. The van der Waals surface area contributed by atoms with Crippen molar-refractivity contribution in [2.24, 2.45) is 12.8 Å². The van der Waals surface area contributed by atoms with E-state index in [4.69, 9.17) is 10.5 Å². The fraction of sp³-hybridized carbons (Fsp3) is 0.615. The Labute approximate surface area is 121 Å². The molecule has 2 rings (SSSR count). The van der Waals surface area contributed by atoms with Gasteiger partial charge >= 0.3 is 5.69 Å². The first kappa shape index (κ1) is 15.5. The van der Waals surface area contributed by atoms with Crippen molar-refractivity contribution >= 4 is 11.2 Å². The molecule has 8 nitrogen and oxygen atoms in total. The number of aromatic nitrogens is 4. The number of hydrogen-bond acceptors (Lipinski definition) is 5. The summed E-state index contributed by atoms with van der Waals surface area (Å²) in [6.07, 6.45) is 3.02. The van der Waals surface area contributed by atoms with Crippen LogP contribution in [0.4, 0.5) is 0 Å². The Bertz CT molecular complexity index is 728. The van der Waals surface area contributed by atoms with E-state index in [2.05, 4.69) is 4.98 Å². The third-order valence-corrected chi connectivity index (χ3v) is 3.43. The zero-order chi connectivity index (χ0) is 15.4. The molecule has 0 saturated heterocycles. The molecule has 0 unspecified atom stereocenters. The summed E-state index contributed by atoms with van der Waals surface area (Å²) in [5.41, 5.74) is 5.70. The summed E-state index contributed by atoms with van der Waals surface area (Å²) in [4.78, 5) is 28.8. The van der Waals surface area contributed by atoms with Crippen LogP contribution in [-0.4, -0.2) is 38.9 Å². The minimum absolute atomic E-state index is 0.326. The highest BCUT2D eigenvalue weighted by Gasteiger charge is 2.15. The molecule has 0 spiro atoms. The molecule has 2 heterocycles. The molecular weight excluding hydrogens is 274 g/mol. The maximum Gasteiger partial charge on any atom is 0.332 e. The summed E-state index contributed by atoms with van der Waals surface area (Å²) < 4.78 is 9.41. The summed E-state index contributed by atoms with van der Waals surface area (Å²) in [6.45, 7) is 2.15. The first-order valence-electron chi connectivity index (χ1n) is 6.95. The summed E-state index contributed by atoms with van der Waals surface area (Å²) in [7, 11) is 3.10. The molecule has 2 aromatic rings. The number of hydrogen-bond donors (Lipinski definition) is 1. The number of methoxy groups -OCH3 is 1. The Morgan fingerprint density at radius 3 is 2.71 bits per heavy atom. The van der Waals surface area contributed by atoms with E-state index in [1.165, 1.54) is 11.6 Å². The van der Waals surface area contributed by atoms with Gasteiger partial charge < -0.3 is 15.0 Å². The highest BCUT2D eigenvalue weighted by atomic mass is 16.5. The van der Waals surface area contributed by atoms with Crippen molar-refractivity contribution in [1.29, 1.82) is 0 Å². The molecule has 0 fully saturated rings. The number of nitrogens with two attached hydrogens (primary N) is 1. The average molecular weight is 295 g/mol. The van der Waals surface area contributed by atoms with Crippen LogP contribution < -0.4 is 17.0 Å². The molecule has 21 heavy (non-hydrogen) atoms. The lowest BCUT2D eigenvalue weighted by atomic mass is 10.4. The lowest BCUT2D eigenvalue weighted by molar-refractivity contribution is 0.190. The fourth-order valence-corrected chi connectivity index (χ4v) is 2.30. The van der Waals surface area contributed by atoms with Gasteiger partial charge in [-0.2, -0.15) is 0 Å². The minimum atomic E-state index is -0.354. The zero-order valence-corrected chi connectivity index (χ0v) is 12.4. The lowest BCUT2D eigenvalue weighted by Gasteiger charge is -2.09. The maximum absolute atomic E-state index is 12.3. The molecule has 0 bridgehead atoms. The predicted molar refractivity (Wildman–Crippen MR) is 79.4 cm³/mol. The number of fused-ring (bicyclic) bond motifs is 1. The Hall–Kier alpha value is -1.93. The third-order valence-electron chi connectivity index (χ3n) is 3.43. The van der Waals surface area contributed by atoms with Gasteiger partial charge in [0.15, 0.2) is 11.2 Å². The first-order chi connectivity index (χ1) is 10.1. The molecule has 2 aromatic heterocycles. The largest absolute Gasteiger partial charge is 0.385 e. The zero-order valence-electron chi connectivity index (χ0n) is 12.4. The standard InChI is InChI=1S/C13H21N5O3/c1-16-12(19)10-11(15-9-17(10)6-3-5-14)18(13(16)20)7-4-8-21-2/h9H,3-8,14H2,1-2H3. The van der Waals surface area contributed by atoms with Crippen LogP contribution in [0.2, 0.25) is 0 Å². The van der Waals surface area contributed by atoms with Gasteiger partial charge in [-0.3, -0.25) is 13.9 Å². The van der Waals surface area contributed by atoms with Crippen LogP contribution in [0.1, 0.15) is 12.8 Å². The molecule has 0 radical (unpaired) electrons. The van der Waals surface area contributed by atoms with Crippen molar-refractivity contribution < 1.29 is 4.74 Å². The van der Waals surface area contributed by atoms with Gasteiger partial charge in [0.05, 0.1) is 6.33 Å². The summed E-state index contributed by atoms with van der Waals surface area (Å²) >= 11 is 0. The monoisotopic (exact) mass is 295 g/mol. The molecule has 0 aliphatic heterocycles. The van der Waals surface area contributed by atoms with E-state index < -0.39 is 0 Å². The highest BCUT2D eigenvalue weighted by molar-refractivity contribution is 5.70. The molecule has 0 aliphatic rings. The number of nitrogens with zero attached hydrogens (tertiary/aromatic N) is 4. The van der Waals surface area contributed by atoms with E-state index in [9.17, 15) is 9.59 Å². The van der Waals surface area contributed by atoms with Crippen LogP contribution >= 0.6 is 0 Å². The average Bonchev–Trinajstić information content (AvgIpc) is 2.90. The highest BCUT2D eigenvalue weighted by Crippen LogP contribution is 2.07. The van der Waals surface area contributed by atoms with Crippen LogP contribution in [0.5, 0.6) is 0 Å². The van der Waals surface area contributed by atoms with Crippen molar-refractivity contribution in [2.75, 3.05) is 20.3 Å². The van der Waals surface area contributed by atoms with E-state index in [1.807, 2.05) is 0 Å². The molecule has 116 valence electrons. The van der Waals surface area contributed by atoms with Gasteiger partial charge in [-0.15, -0.1) is 0 Å². The second-order valence-electron chi connectivity index (χ2n) is 4.90. The molecule has 0 aromatic carbocycles. The van der Waals surface area contributed by atoms with Gasteiger partial charge in [-0.05, 0) is 19.4 Å². The quantitative estimate of drug-likeness (QED) is 0.680. The number of ether oxygens (including phenoxy) is 1. The Morgan fingerprint density at radius 1 is 1.29 bits per heavy atom. The van der Waals surface area contributed by atoms with Crippen molar-refractivity contribution in [2.45, 2.75) is 25.9 Å². The summed E-state index contributed by atoms with van der Waals surface area (Å²) in [5, 5.41) is 0. The van der Waals surface area contributed by atoms with E-state index in [1.54, 1.807) is 18.0 Å². The van der Waals surface area contributed by atoms with Crippen LogP contribution in [0.3, 0.4) is 0 Å². The van der Waals surface area contributed by atoms with Crippen LogP contribution in [0.25, 0.3) is 11.2 Å². The third kappa shape index (κ3) is 2.91. The van der Waals surface area contributed by atoms with Crippen LogP contribution in [0, 0.1) is 0 Å². The van der Waals surface area contributed by atoms with E-state index >= 15 is 0 Å². The Kier molecular flexibility index (Phi) is 4.92. The fourth-order valence-electron chi connectivity index (χ4n) is 2.30. The SMILES string of the molecule is COCCCn1c(=O)n(C)c(=O)c2c1ncn2CCCN. The number of rotatable bonds is 7. The van der Waals surface area contributed by atoms with Gasteiger partial charge in [-0.25, -0.2) is 9.78 Å². The second-order valence-corrected chi connectivity index (χ2v) is 4.90. The second kappa shape index (κ2) is 6.68. The van der Waals surface area contributed by atoms with Crippen LogP contribution in [-0.2, 0) is 24.9 Å². The number of aryl methyl sites for hydroxylation is 2. The summed E-state index contributed by atoms with van der Waals surface area (Å²) in [6, 6.07) is 0. The van der Waals surface area contributed by atoms with Crippen molar-refractivity contribution in [1.82, 2.24) is 18.7 Å². The molecule has 2 N–H and O–H groups in total. The first-order valence-corrected chi connectivity index (χ1v) is 6.95. The van der Waals surface area contributed by atoms with E-state index in [-0.39, 0.29) is 11.2 Å². The Morgan fingerprint density at radius 2 is 2.05 bits per heavy atom. The molecule has 0 amide bonds. The molecule has 0 aliphatic carbocycles. The maximum atomic E-state index is 12.3. The smallest absolute Gasteiger partial charge is 0.332 e. The van der Waals surface area contributed by atoms with Crippen LogP contribution in [0.15, 0.2) is 15.9 Å². The van der Waals surface area contributed by atoms with E-state index in [0.29, 0.717) is 43.8 Å². The molecule has 8 heteroatoms. The van der Waals surface area contributed by atoms with Gasteiger partial charge in [0, 0.05) is 33.9 Å². The van der Waals surface area contributed by atoms with E-state index in [0.717, 1.165) is 11.0 Å². The summed E-state index contributed by atoms with van der Waals surface area (Å²) in [5.74, 6) is 0. The topological polar surface area (TPSA) is 97.1 Å². The molecule has 0 atom stereocenters. The predicted octanol–water partition coefficient (Wildman–Crippen LogP) is -0.718. The molecule has 0 saturated carbocycles. The normalized spacial score (nSPS) is 11.4. The molecular formula is C13H21N5O3. The van der Waals surface area contributed by atoms with Gasteiger partial charge in [0.1, 0.15) is 0 Å². The van der Waals surface area contributed by atoms with Crippen molar-refractivity contribution in [3.8, 4) is 0 Å². The van der Waals surface area contributed by atoms with Crippen molar-refractivity contribution in [3.05, 3.63) is 27.2 Å². The lowest BCUT2D eigenvalue weighted by Crippen LogP contribution is -2.39. The minimum Gasteiger partial charge on any atom is -0.385 e. The van der Waals surface area contributed by atoms with Gasteiger partial charge in [0.25, 0.3) is 5.56 Å². The van der Waals surface area contributed by atoms with Crippen molar-refractivity contribution in [3.63, 3.8) is 0 Å². The van der Waals surface area contributed by atoms with Gasteiger partial charge in [0.2, 0.25) is 0 Å². The van der Waals surface area contributed by atoms with Gasteiger partial charge in [-0.1, -0.05) is 0 Å².